The quantitative estimate of drug-likeness (QED) is 0.632. The van der Waals surface area contributed by atoms with Crippen LogP contribution in [-0.4, -0.2) is 26.7 Å². The molecule has 28 heavy (non-hydrogen) atoms. The number of rotatable bonds is 8. The van der Waals surface area contributed by atoms with Gasteiger partial charge in [0.05, 0.1) is 14.2 Å². The Bertz CT molecular complexity index is 894. The lowest BCUT2D eigenvalue weighted by Gasteiger charge is -2.20. The van der Waals surface area contributed by atoms with Crippen LogP contribution in [0.3, 0.4) is 0 Å². The summed E-state index contributed by atoms with van der Waals surface area (Å²) in [5, 5.41) is 3.07. The largest absolute Gasteiger partial charge is 0.493 e. The van der Waals surface area contributed by atoms with E-state index in [-0.39, 0.29) is 11.8 Å². The molecule has 1 N–H and O–H groups in total. The van der Waals surface area contributed by atoms with Crippen LogP contribution in [-0.2, 0) is 6.42 Å². The van der Waals surface area contributed by atoms with Gasteiger partial charge in [-0.2, -0.15) is 0 Å². The zero-order valence-electron chi connectivity index (χ0n) is 16.2. The van der Waals surface area contributed by atoms with E-state index in [4.69, 9.17) is 9.47 Å². The number of benzene rings is 3. The molecule has 0 bridgehead atoms. The predicted octanol–water partition coefficient (Wildman–Crippen LogP) is 4.46. The highest BCUT2D eigenvalue weighted by molar-refractivity contribution is 5.94. The summed E-state index contributed by atoms with van der Waals surface area (Å²) >= 11 is 0. The lowest BCUT2D eigenvalue weighted by atomic mass is 9.91. The minimum Gasteiger partial charge on any atom is -0.493 e. The zero-order valence-corrected chi connectivity index (χ0v) is 16.2. The number of methoxy groups -OCH3 is 2. The van der Waals surface area contributed by atoms with Gasteiger partial charge in [0, 0.05) is 18.0 Å². The Labute approximate surface area is 166 Å². The molecule has 0 aromatic heterocycles. The van der Waals surface area contributed by atoms with Crippen molar-refractivity contribution in [2.45, 2.75) is 12.3 Å². The molecule has 4 nitrogen and oxygen atoms in total. The summed E-state index contributed by atoms with van der Waals surface area (Å²) in [7, 11) is 3.25. The van der Waals surface area contributed by atoms with Crippen LogP contribution >= 0.6 is 0 Å². The lowest BCUT2D eigenvalue weighted by molar-refractivity contribution is 0.0951. The molecule has 4 heteroatoms. The van der Waals surface area contributed by atoms with Gasteiger partial charge in [-0.3, -0.25) is 4.79 Å². The van der Waals surface area contributed by atoms with Gasteiger partial charge in [0.2, 0.25) is 0 Å². The fourth-order valence-electron chi connectivity index (χ4n) is 3.22. The maximum Gasteiger partial charge on any atom is 0.251 e. The molecule has 0 aliphatic heterocycles. The van der Waals surface area contributed by atoms with Gasteiger partial charge in [0.15, 0.2) is 11.5 Å². The SMILES string of the molecule is COc1ccc([C@H](CNC(=O)c2ccccc2)Cc2ccccc2)cc1OC. The molecule has 0 spiro atoms. The average molecular weight is 375 g/mol. The first-order valence-corrected chi connectivity index (χ1v) is 9.30. The Balaban J connectivity index is 1.82. The maximum absolute atomic E-state index is 12.5. The highest BCUT2D eigenvalue weighted by atomic mass is 16.5. The predicted molar refractivity (Wildman–Crippen MR) is 111 cm³/mol. The Morgan fingerprint density at radius 1 is 0.857 bits per heavy atom. The van der Waals surface area contributed by atoms with Gasteiger partial charge in [-0.25, -0.2) is 0 Å². The summed E-state index contributed by atoms with van der Waals surface area (Å²) in [5.74, 6) is 1.42. The van der Waals surface area contributed by atoms with Crippen molar-refractivity contribution in [3.63, 3.8) is 0 Å². The molecule has 0 fully saturated rings. The molecule has 3 aromatic carbocycles. The second-order valence-corrected chi connectivity index (χ2v) is 6.58. The summed E-state index contributed by atoms with van der Waals surface area (Å²) in [6.07, 6.45) is 0.811. The summed E-state index contributed by atoms with van der Waals surface area (Å²) in [6.45, 7) is 0.526. The summed E-state index contributed by atoms with van der Waals surface area (Å²) in [6, 6.07) is 25.5. The molecule has 3 aromatic rings. The second kappa shape index (κ2) is 9.60. The topological polar surface area (TPSA) is 47.6 Å². The molecule has 1 atom stereocenters. The van der Waals surface area contributed by atoms with Crippen LogP contribution in [0.5, 0.6) is 11.5 Å². The van der Waals surface area contributed by atoms with E-state index in [2.05, 4.69) is 17.4 Å². The van der Waals surface area contributed by atoms with Gasteiger partial charge >= 0.3 is 0 Å². The van der Waals surface area contributed by atoms with Crippen LogP contribution < -0.4 is 14.8 Å². The van der Waals surface area contributed by atoms with E-state index in [1.807, 2.05) is 66.7 Å². The van der Waals surface area contributed by atoms with Gasteiger partial charge in [0.25, 0.3) is 5.91 Å². The summed E-state index contributed by atoms with van der Waals surface area (Å²) in [4.78, 5) is 12.5. The van der Waals surface area contributed by atoms with Crippen molar-refractivity contribution in [2.24, 2.45) is 0 Å². The minimum atomic E-state index is -0.0702. The van der Waals surface area contributed by atoms with Crippen molar-refractivity contribution >= 4 is 5.91 Å². The standard InChI is InChI=1S/C24H25NO3/c1-27-22-14-13-20(16-23(22)28-2)21(15-18-9-5-3-6-10-18)17-25-24(26)19-11-7-4-8-12-19/h3-14,16,21H,15,17H2,1-2H3,(H,25,26)/t21-/m0/s1. The monoisotopic (exact) mass is 375 g/mol. The lowest BCUT2D eigenvalue weighted by Crippen LogP contribution is -2.29. The first kappa shape index (κ1) is 19.5. The third kappa shape index (κ3) is 4.92. The first-order chi connectivity index (χ1) is 13.7. The molecule has 0 heterocycles. The van der Waals surface area contributed by atoms with Crippen LogP contribution in [0.2, 0.25) is 0 Å². The molecule has 1 amide bonds. The van der Waals surface area contributed by atoms with Crippen LogP contribution in [0, 0.1) is 0 Å². The van der Waals surface area contributed by atoms with Crippen molar-refractivity contribution in [1.82, 2.24) is 5.32 Å². The molecular weight excluding hydrogens is 350 g/mol. The number of hydrogen-bond acceptors (Lipinski definition) is 3. The highest BCUT2D eigenvalue weighted by Gasteiger charge is 2.17. The van der Waals surface area contributed by atoms with E-state index in [9.17, 15) is 4.79 Å². The van der Waals surface area contributed by atoms with Crippen LogP contribution in [0.25, 0.3) is 0 Å². The van der Waals surface area contributed by atoms with Crippen molar-refractivity contribution in [2.75, 3.05) is 20.8 Å². The molecule has 0 aliphatic carbocycles. The van der Waals surface area contributed by atoms with E-state index in [1.54, 1.807) is 14.2 Å². The van der Waals surface area contributed by atoms with E-state index in [1.165, 1.54) is 5.56 Å². The summed E-state index contributed by atoms with van der Waals surface area (Å²) < 4.78 is 10.8. The van der Waals surface area contributed by atoms with Crippen molar-refractivity contribution in [3.05, 3.63) is 95.6 Å². The Morgan fingerprint density at radius 3 is 2.14 bits per heavy atom. The van der Waals surface area contributed by atoms with E-state index < -0.39 is 0 Å². The third-order valence-corrected chi connectivity index (χ3v) is 4.75. The molecule has 144 valence electrons. The number of amides is 1. The maximum atomic E-state index is 12.5. The Kier molecular flexibility index (Phi) is 6.68. The molecule has 0 saturated heterocycles. The fourth-order valence-corrected chi connectivity index (χ4v) is 3.22. The van der Waals surface area contributed by atoms with Gasteiger partial charge in [0.1, 0.15) is 0 Å². The van der Waals surface area contributed by atoms with Gasteiger partial charge in [-0.15, -0.1) is 0 Å². The second-order valence-electron chi connectivity index (χ2n) is 6.58. The van der Waals surface area contributed by atoms with Gasteiger partial charge < -0.3 is 14.8 Å². The molecule has 0 saturated carbocycles. The molecular formula is C24H25NO3. The number of carbonyl (C=O) groups is 1. The Hall–Kier alpha value is -3.27. The number of ether oxygens (including phenoxy) is 2. The van der Waals surface area contributed by atoms with E-state index in [0.29, 0.717) is 23.6 Å². The van der Waals surface area contributed by atoms with Gasteiger partial charge in [-0.1, -0.05) is 54.6 Å². The molecule has 0 radical (unpaired) electrons. The summed E-state index contributed by atoms with van der Waals surface area (Å²) in [5.41, 5.74) is 2.97. The van der Waals surface area contributed by atoms with Crippen molar-refractivity contribution < 1.29 is 14.3 Å². The van der Waals surface area contributed by atoms with Crippen molar-refractivity contribution in [3.8, 4) is 11.5 Å². The molecule has 0 aliphatic rings. The minimum absolute atomic E-state index is 0.0702. The van der Waals surface area contributed by atoms with Gasteiger partial charge in [-0.05, 0) is 41.8 Å². The number of hydrogen-bond donors (Lipinski definition) is 1. The van der Waals surface area contributed by atoms with Crippen molar-refractivity contribution in [1.29, 1.82) is 0 Å². The van der Waals surface area contributed by atoms with E-state index in [0.717, 1.165) is 12.0 Å². The van der Waals surface area contributed by atoms with Crippen LogP contribution in [0.4, 0.5) is 0 Å². The highest BCUT2D eigenvalue weighted by Crippen LogP contribution is 2.31. The third-order valence-electron chi connectivity index (χ3n) is 4.75. The molecule has 0 unspecified atom stereocenters. The number of nitrogens with one attached hydrogen (secondary N) is 1. The Morgan fingerprint density at radius 2 is 1.50 bits per heavy atom. The van der Waals surface area contributed by atoms with Crippen LogP contribution in [0.15, 0.2) is 78.9 Å². The zero-order chi connectivity index (χ0) is 19.8. The fraction of sp³-hybridized carbons (Fsp3) is 0.208. The average Bonchev–Trinajstić information content (AvgIpc) is 2.77. The smallest absolute Gasteiger partial charge is 0.251 e. The first-order valence-electron chi connectivity index (χ1n) is 9.30. The number of carbonyl (C=O) groups excluding carboxylic acids is 1. The van der Waals surface area contributed by atoms with E-state index >= 15 is 0 Å². The molecule has 3 rings (SSSR count). The van der Waals surface area contributed by atoms with Crippen LogP contribution in [0.1, 0.15) is 27.4 Å². The normalized spacial score (nSPS) is 11.5.